The van der Waals surface area contributed by atoms with E-state index in [0.717, 1.165) is 26.1 Å². The van der Waals surface area contributed by atoms with Gasteiger partial charge in [-0.2, -0.15) is 0 Å². The first-order chi connectivity index (χ1) is 10.6. The van der Waals surface area contributed by atoms with Crippen molar-refractivity contribution in [3.8, 4) is 11.5 Å². The molecule has 0 N–H and O–H groups in total. The molecule has 0 aliphatic heterocycles. The summed E-state index contributed by atoms with van der Waals surface area (Å²) in [4.78, 5) is 4.52. The molecule has 0 spiro atoms. The SMILES string of the molecule is CCOc1c(I)cc(C=Nc2cccc(Cl)c2C)cc1OC. The molecule has 0 amide bonds. The first-order valence-electron chi connectivity index (χ1n) is 6.86. The zero-order chi connectivity index (χ0) is 16.1. The molecule has 0 atom stereocenters. The molecular formula is C17H17ClINO2. The fourth-order valence-electron chi connectivity index (χ4n) is 1.98. The molecular weight excluding hydrogens is 413 g/mol. The van der Waals surface area contributed by atoms with Crippen molar-refractivity contribution in [2.24, 2.45) is 4.99 Å². The van der Waals surface area contributed by atoms with E-state index in [2.05, 4.69) is 27.6 Å². The normalized spacial score (nSPS) is 11.0. The lowest BCUT2D eigenvalue weighted by Gasteiger charge is -2.12. The van der Waals surface area contributed by atoms with Gasteiger partial charge < -0.3 is 9.47 Å². The van der Waals surface area contributed by atoms with Crippen LogP contribution in [0.1, 0.15) is 18.1 Å². The van der Waals surface area contributed by atoms with Crippen LogP contribution in [0, 0.1) is 10.5 Å². The molecule has 0 fully saturated rings. The summed E-state index contributed by atoms with van der Waals surface area (Å²) >= 11 is 8.35. The Hall–Kier alpha value is -1.27. The average Bonchev–Trinajstić information content (AvgIpc) is 2.51. The monoisotopic (exact) mass is 429 g/mol. The topological polar surface area (TPSA) is 30.8 Å². The van der Waals surface area contributed by atoms with Crippen molar-refractivity contribution in [3.63, 3.8) is 0 Å². The summed E-state index contributed by atoms with van der Waals surface area (Å²) in [7, 11) is 1.63. The fraction of sp³-hybridized carbons (Fsp3) is 0.235. The molecule has 3 nitrogen and oxygen atoms in total. The van der Waals surface area contributed by atoms with Crippen molar-refractivity contribution in [2.45, 2.75) is 13.8 Å². The highest BCUT2D eigenvalue weighted by molar-refractivity contribution is 14.1. The Morgan fingerprint density at radius 2 is 2.09 bits per heavy atom. The summed E-state index contributed by atoms with van der Waals surface area (Å²) in [6, 6.07) is 9.62. The first kappa shape index (κ1) is 17.1. The van der Waals surface area contributed by atoms with Gasteiger partial charge in [0.15, 0.2) is 11.5 Å². The van der Waals surface area contributed by atoms with Crippen molar-refractivity contribution in [3.05, 3.63) is 50.1 Å². The maximum absolute atomic E-state index is 6.11. The van der Waals surface area contributed by atoms with E-state index in [0.29, 0.717) is 17.4 Å². The fourth-order valence-corrected chi connectivity index (χ4v) is 2.93. The lowest BCUT2D eigenvalue weighted by Crippen LogP contribution is -1.99. The highest BCUT2D eigenvalue weighted by atomic mass is 127. The lowest BCUT2D eigenvalue weighted by molar-refractivity contribution is 0.308. The molecule has 0 unspecified atom stereocenters. The molecule has 22 heavy (non-hydrogen) atoms. The van der Waals surface area contributed by atoms with Crippen molar-refractivity contribution in [2.75, 3.05) is 13.7 Å². The number of aliphatic imine (C=N–C) groups is 1. The lowest BCUT2D eigenvalue weighted by atomic mass is 10.2. The van der Waals surface area contributed by atoms with Crippen LogP contribution in [0.5, 0.6) is 11.5 Å². The van der Waals surface area contributed by atoms with Crippen LogP contribution in [0.4, 0.5) is 5.69 Å². The molecule has 0 heterocycles. The van der Waals surface area contributed by atoms with Gasteiger partial charge in [0.2, 0.25) is 0 Å². The Labute approximate surface area is 149 Å². The first-order valence-corrected chi connectivity index (χ1v) is 8.32. The number of hydrogen-bond donors (Lipinski definition) is 0. The largest absolute Gasteiger partial charge is 0.493 e. The zero-order valence-electron chi connectivity index (χ0n) is 12.7. The predicted octanol–water partition coefficient (Wildman–Crippen LogP) is 5.41. The summed E-state index contributed by atoms with van der Waals surface area (Å²) in [5.41, 5.74) is 2.77. The van der Waals surface area contributed by atoms with Gasteiger partial charge in [0, 0.05) is 11.2 Å². The molecule has 2 aromatic carbocycles. The Bertz CT molecular complexity index is 701. The van der Waals surface area contributed by atoms with E-state index in [9.17, 15) is 0 Å². The van der Waals surface area contributed by atoms with Crippen LogP contribution >= 0.6 is 34.2 Å². The van der Waals surface area contributed by atoms with Crippen molar-refractivity contribution in [1.29, 1.82) is 0 Å². The Morgan fingerprint density at radius 1 is 1.32 bits per heavy atom. The smallest absolute Gasteiger partial charge is 0.174 e. The van der Waals surface area contributed by atoms with Crippen LogP contribution in [-0.2, 0) is 0 Å². The molecule has 0 bridgehead atoms. The number of benzene rings is 2. The number of nitrogens with zero attached hydrogens (tertiary/aromatic N) is 1. The molecule has 0 saturated carbocycles. The minimum atomic E-state index is 0.599. The van der Waals surface area contributed by atoms with E-state index in [1.807, 2.05) is 44.2 Å². The van der Waals surface area contributed by atoms with Gasteiger partial charge in [0.1, 0.15) is 0 Å². The Balaban J connectivity index is 2.35. The highest BCUT2D eigenvalue weighted by Gasteiger charge is 2.10. The van der Waals surface area contributed by atoms with E-state index in [1.165, 1.54) is 0 Å². The van der Waals surface area contributed by atoms with E-state index < -0.39 is 0 Å². The van der Waals surface area contributed by atoms with Gasteiger partial charge in [0.05, 0.1) is 23.0 Å². The average molecular weight is 430 g/mol. The van der Waals surface area contributed by atoms with Crippen LogP contribution in [-0.4, -0.2) is 19.9 Å². The minimum absolute atomic E-state index is 0.599. The van der Waals surface area contributed by atoms with Gasteiger partial charge in [-0.05, 0) is 71.8 Å². The molecule has 0 radical (unpaired) electrons. The maximum Gasteiger partial charge on any atom is 0.174 e. The van der Waals surface area contributed by atoms with E-state index >= 15 is 0 Å². The summed E-state index contributed by atoms with van der Waals surface area (Å²) in [5, 5.41) is 0.716. The van der Waals surface area contributed by atoms with Crippen LogP contribution in [0.2, 0.25) is 5.02 Å². The second-order valence-electron chi connectivity index (χ2n) is 4.61. The molecule has 2 aromatic rings. The van der Waals surface area contributed by atoms with Gasteiger partial charge >= 0.3 is 0 Å². The molecule has 5 heteroatoms. The summed E-state index contributed by atoms with van der Waals surface area (Å²) in [6.45, 7) is 4.51. The van der Waals surface area contributed by atoms with Crippen LogP contribution in [0.15, 0.2) is 35.3 Å². The van der Waals surface area contributed by atoms with Gasteiger partial charge in [-0.3, -0.25) is 4.99 Å². The minimum Gasteiger partial charge on any atom is -0.493 e. The Morgan fingerprint density at radius 3 is 2.77 bits per heavy atom. The summed E-state index contributed by atoms with van der Waals surface area (Å²) in [6.07, 6.45) is 1.80. The predicted molar refractivity (Wildman–Crippen MR) is 100 cm³/mol. The van der Waals surface area contributed by atoms with Crippen molar-refractivity contribution in [1.82, 2.24) is 0 Å². The van der Waals surface area contributed by atoms with Crippen LogP contribution in [0.3, 0.4) is 0 Å². The van der Waals surface area contributed by atoms with E-state index in [4.69, 9.17) is 21.1 Å². The second kappa shape index (κ2) is 7.83. The number of rotatable bonds is 5. The molecule has 0 aliphatic carbocycles. The van der Waals surface area contributed by atoms with Gasteiger partial charge in [0.25, 0.3) is 0 Å². The van der Waals surface area contributed by atoms with Gasteiger partial charge in [-0.25, -0.2) is 0 Å². The number of halogens is 2. The second-order valence-corrected chi connectivity index (χ2v) is 6.18. The number of hydrogen-bond acceptors (Lipinski definition) is 3. The van der Waals surface area contributed by atoms with Crippen LogP contribution in [0.25, 0.3) is 0 Å². The standard InChI is InChI=1S/C17H17ClINO2/c1-4-22-17-14(19)8-12(9-16(17)21-3)10-20-15-7-5-6-13(18)11(15)2/h5-10H,4H2,1-3H3. The van der Waals surface area contributed by atoms with Crippen molar-refractivity contribution < 1.29 is 9.47 Å². The van der Waals surface area contributed by atoms with Gasteiger partial charge in [-0.1, -0.05) is 17.7 Å². The quantitative estimate of drug-likeness (QED) is 0.470. The highest BCUT2D eigenvalue weighted by Crippen LogP contribution is 2.34. The molecule has 0 saturated heterocycles. The molecule has 0 aliphatic rings. The zero-order valence-corrected chi connectivity index (χ0v) is 15.6. The van der Waals surface area contributed by atoms with Crippen molar-refractivity contribution >= 4 is 46.1 Å². The van der Waals surface area contributed by atoms with E-state index in [1.54, 1.807) is 13.3 Å². The number of methoxy groups -OCH3 is 1. The van der Waals surface area contributed by atoms with E-state index in [-0.39, 0.29) is 0 Å². The molecule has 116 valence electrons. The Kier molecular flexibility index (Phi) is 6.08. The molecule has 2 rings (SSSR count). The maximum atomic E-state index is 6.11. The van der Waals surface area contributed by atoms with Gasteiger partial charge in [-0.15, -0.1) is 0 Å². The van der Waals surface area contributed by atoms with Crippen LogP contribution < -0.4 is 9.47 Å². The third-order valence-electron chi connectivity index (χ3n) is 3.13. The summed E-state index contributed by atoms with van der Waals surface area (Å²) < 4.78 is 12.0. The third-order valence-corrected chi connectivity index (χ3v) is 4.34. The summed E-state index contributed by atoms with van der Waals surface area (Å²) in [5.74, 6) is 1.47. The molecule has 0 aromatic heterocycles. The third kappa shape index (κ3) is 3.93. The number of ether oxygens (including phenoxy) is 2.